The van der Waals surface area contributed by atoms with E-state index in [1.807, 2.05) is 44.2 Å². The highest BCUT2D eigenvalue weighted by Crippen LogP contribution is 2.34. The number of ether oxygens (including phenoxy) is 1. The molecule has 0 saturated heterocycles. The van der Waals surface area contributed by atoms with E-state index in [2.05, 4.69) is 38.5 Å². The van der Waals surface area contributed by atoms with Gasteiger partial charge in [-0.3, -0.25) is 4.79 Å². The molecule has 20 heavy (non-hydrogen) atoms. The minimum atomic E-state index is -0.00579. The zero-order valence-electron chi connectivity index (χ0n) is 11.5. The van der Waals surface area contributed by atoms with Crippen LogP contribution in [0, 0.1) is 17.4 Å². The third-order valence-corrected chi connectivity index (χ3v) is 4.98. The van der Waals surface area contributed by atoms with Crippen LogP contribution in [-0.4, -0.2) is 12.9 Å². The Hall–Kier alpha value is -0.880. The zero-order chi connectivity index (χ0) is 14.9. The average molecular weight is 445 g/mol. The van der Waals surface area contributed by atoms with Gasteiger partial charge in [-0.25, -0.2) is 0 Å². The van der Waals surface area contributed by atoms with E-state index in [-0.39, 0.29) is 5.78 Å². The van der Waals surface area contributed by atoms with E-state index in [1.54, 1.807) is 7.11 Å². The monoisotopic (exact) mass is 444 g/mol. The minimum Gasteiger partial charge on any atom is -0.496 e. The number of aryl methyl sites for hydroxylation is 1. The molecule has 2 rings (SSSR count). The van der Waals surface area contributed by atoms with Crippen molar-refractivity contribution in [1.82, 2.24) is 0 Å². The number of halogens is 2. The molecule has 0 amide bonds. The third kappa shape index (κ3) is 2.76. The highest BCUT2D eigenvalue weighted by atomic mass is 127. The first-order valence-electron chi connectivity index (χ1n) is 6.10. The summed E-state index contributed by atoms with van der Waals surface area (Å²) in [6.07, 6.45) is 0. The molecule has 2 nitrogen and oxygen atoms in total. The summed E-state index contributed by atoms with van der Waals surface area (Å²) < 4.78 is 7.31. The van der Waals surface area contributed by atoms with Crippen LogP contribution in [0.5, 0.6) is 5.75 Å². The fourth-order valence-electron chi connectivity index (χ4n) is 2.17. The van der Waals surface area contributed by atoms with Gasteiger partial charge >= 0.3 is 0 Å². The van der Waals surface area contributed by atoms with Gasteiger partial charge in [0.2, 0.25) is 0 Å². The molecule has 0 saturated carbocycles. The van der Waals surface area contributed by atoms with Crippen LogP contribution in [0.4, 0.5) is 0 Å². The average Bonchev–Trinajstić information content (AvgIpc) is 2.42. The lowest BCUT2D eigenvalue weighted by Gasteiger charge is -2.15. The van der Waals surface area contributed by atoms with E-state index in [4.69, 9.17) is 4.74 Å². The number of hydrogen-bond donors (Lipinski definition) is 0. The van der Waals surface area contributed by atoms with Gasteiger partial charge in [0.15, 0.2) is 5.78 Å². The Morgan fingerprint density at radius 1 is 1.25 bits per heavy atom. The van der Waals surface area contributed by atoms with Gasteiger partial charge < -0.3 is 4.74 Å². The van der Waals surface area contributed by atoms with Crippen molar-refractivity contribution in [3.63, 3.8) is 0 Å². The number of benzene rings is 2. The molecule has 0 aliphatic carbocycles. The van der Waals surface area contributed by atoms with Gasteiger partial charge in [-0.1, -0.05) is 28.1 Å². The Kier molecular flexibility index (Phi) is 4.86. The molecule has 0 unspecified atom stereocenters. The second-order valence-electron chi connectivity index (χ2n) is 4.52. The first-order valence-corrected chi connectivity index (χ1v) is 7.97. The highest BCUT2D eigenvalue weighted by molar-refractivity contribution is 14.1. The number of methoxy groups -OCH3 is 1. The fourth-order valence-corrected chi connectivity index (χ4v) is 3.34. The van der Waals surface area contributed by atoms with Crippen LogP contribution in [-0.2, 0) is 0 Å². The highest BCUT2D eigenvalue weighted by Gasteiger charge is 2.22. The first-order chi connectivity index (χ1) is 9.47. The molecule has 0 bridgehead atoms. The number of rotatable bonds is 3. The molecule has 2 aromatic carbocycles. The molecule has 0 aliphatic heterocycles. The normalized spacial score (nSPS) is 10.4. The predicted molar refractivity (Wildman–Crippen MR) is 92.8 cm³/mol. The van der Waals surface area contributed by atoms with Gasteiger partial charge in [-0.2, -0.15) is 0 Å². The topological polar surface area (TPSA) is 26.3 Å². The second-order valence-corrected chi connectivity index (χ2v) is 6.53. The second kappa shape index (κ2) is 6.26. The smallest absolute Gasteiger partial charge is 0.198 e. The Morgan fingerprint density at radius 3 is 2.50 bits per heavy atom. The van der Waals surface area contributed by atoms with Crippen LogP contribution in [0.3, 0.4) is 0 Å². The van der Waals surface area contributed by atoms with E-state index in [1.165, 1.54) is 0 Å². The molecule has 0 fully saturated rings. The summed E-state index contributed by atoms with van der Waals surface area (Å²) in [7, 11) is 1.60. The van der Waals surface area contributed by atoms with Gasteiger partial charge in [0.25, 0.3) is 0 Å². The van der Waals surface area contributed by atoms with Crippen molar-refractivity contribution in [3.8, 4) is 5.75 Å². The summed E-state index contributed by atoms with van der Waals surface area (Å²) in [5.41, 5.74) is 3.17. The number of carbonyl (C=O) groups excluding carboxylic acids is 1. The molecule has 2 aromatic rings. The van der Waals surface area contributed by atoms with E-state index in [9.17, 15) is 4.79 Å². The number of hydrogen-bond acceptors (Lipinski definition) is 2. The summed E-state index contributed by atoms with van der Waals surface area (Å²) in [5, 5.41) is 0. The molecule has 0 radical (unpaired) electrons. The van der Waals surface area contributed by atoms with Crippen LogP contribution in [0.15, 0.2) is 34.8 Å². The molecule has 0 aliphatic rings. The van der Waals surface area contributed by atoms with Crippen molar-refractivity contribution in [2.24, 2.45) is 0 Å². The van der Waals surface area contributed by atoms with Crippen LogP contribution in [0.2, 0.25) is 0 Å². The van der Waals surface area contributed by atoms with Crippen molar-refractivity contribution in [2.45, 2.75) is 13.8 Å². The quantitative estimate of drug-likeness (QED) is 0.496. The van der Waals surface area contributed by atoms with Crippen molar-refractivity contribution >= 4 is 44.3 Å². The van der Waals surface area contributed by atoms with Crippen molar-refractivity contribution < 1.29 is 9.53 Å². The van der Waals surface area contributed by atoms with Gasteiger partial charge in [0.05, 0.1) is 12.7 Å². The largest absolute Gasteiger partial charge is 0.496 e. The van der Waals surface area contributed by atoms with Crippen molar-refractivity contribution in [2.75, 3.05) is 7.11 Å². The minimum absolute atomic E-state index is 0.00579. The summed E-state index contributed by atoms with van der Waals surface area (Å²) >= 11 is 5.69. The third-order valence-electron chi connectivity index (χ3n) is 3.21. The summed E-state index contributed by atoms with van der Waals surface area (Å²) in [6.45, 7) is 3.87. The summed E-state index contributed by atoms with van der Waals surface area (Å²) in [5.74, 6) is 0.643. The van der Waals surface area contributed by atoms with Crippen LogP contribution < -0.4 is 4.74 Å². The first kappa shape index (κ1) is 15.5. The SMILES string of the molecule is COc1c(C)cc(Br)c(C)c1C(=O)c1ccccc1I. The lowest BCUT2D eigenvalue weighted by molar-refractivity contribution is 0.103. The molecular weight excluding hydrogens is 431 g/mol. The standard InChI is InChI=1S/C16H14BrIO2/c1-9-8-12(17)10(2)14(16(9)20-3)15(19)11-6-4-5-7-13(11)18/h4-8H,1-3H3. The number of ketones is 1. The Balaban J connectivity index is 2.69. The summed E-state index contributed by atoms with van der Waals surface area (Å²) in [4.78, 5) is 12.9. The molecule has 0 heterocycles. The lowest BCUT2D eigenvalue weighted by atomic mass is 9.96. The molecule has 104 valence electrons. The van der Waals surface area contributed by atoms with Crippen molar-refractivity contribution in [1.29, 1.82) is 0 Å². The van der Waals surface area contributed by atoms with Crippen molar-refractivity contribution in [3.05, 3.63) is 60.6 Å². The molecule has 4 heteroatoms. The Bertz CT molecular complexity index is 680. The maximum atomic E-state index is 12.9. The van der Waals surface area contributed by atoms with Gasteiger partial charge in [0, 0.05) is 13.6 Å². The van der Waals surface area contributed by atoms with Gasteiger partial charge in [-0.15, -0.1) is 0 Å². The number of carbonyl (C=O) groups is 1. The van der Waals surface area contributed by atoms with Crippen LogP contribution in [0.1, 0.15) is 27.0 Å². The van der Waals surface area contributed by atoms with E-state index >= 15 is 0 Å². The zero-order valence-corrected chi connectivity index (χ0v) is 15.2. The fraction of sp³-hybridized carbons (Fsp3) is 0.188. The van der Waals surface area contributed by atoms with Gasteiger partial charge in [0.1, 0.15) is 5.75 Å². The Labute approximate surface area is 140 Å². The Morgan fingerprint density at radius 2 is 1.90 bits per heavy atom. The van der Waals surface area contributed by atoms with E-state index < -0.39 is 0 Å². The maximum Gasteiger partial charge on any atom is 0.198 e. The van der Waals surface area contributed by atoms with E-state index in [0.717, 1.165) is 19.2 Å². The molecule has 0 aromatic heterocycles. The predicted octanol–water partition coefficient (Wildman–Crippen LogP) is 4.91. The molecular formula is C16H14BrIO2. The summed E-state index contributed by atoms with van der Waals surface area (Å²) in [6, 6.07) is 9.55. The molecule has 0 spiro atoms. The maximum absolute atomic E-state index is 12.9. The lowest BCUT2D eigenvalue weighted by Crippen LogP contribution is -2.09. The van der Waals surface area contributed by atoms with Crippen LogP contribution in [0.25, 0.3) is 0 Å². The molecule has 0 atom stereocenters. The van der Waals surface area contributed by atoms with Crippen LogP contribution >= 0.6 is 38.5 Å². The molecule has 0 N–H and O–H groups in total. The van der Waals surface area contributed by atoms with Gasteiger partial charge in [-0.05, 0) is 65.8 Å². The van der Waals surface area contributed by atoms with E-state index in [0.29, 0.717) is 16.9 Å².